The van der Waals surface area contributed by atoms with E-state index in [0.29, 0.717) is 5.69 Å². The maximum absolute atomic E-state index is 12.5. The summed E-state index contributed by atoms with van der Waals surface area (Å²) in [5.74, 6) is -1.12. The number of nitrogens with zero attached hydrogens (tertiary/aromatic N) is 2. The van der Waals surface area contributed by atoms with Crippen LogP contribution in [0.2, 0.25) is 0 Å². The number of halogens is 2. The number of Topliss-reactive ketones (excluding diaryl/α,β-unsaturated/α-hetero) is 1. The summed E-state index contributed by atoms with van der Waals surface area (Å²) >= 11 is 0.969. The molecule has 3 rings (SSSR count). The minimum absolute atomic E-state index is 0.00209. The van der Waals surface area contributed by atoms with Crippen molar-refractivity contribution in [1.82, 2.24) is 15.0 Å². The molecular formula is C19H15F2N3O5S. The van der Waals surface area contributed by atoms with Crippen LogP contribution in [0.15, 0.2) is 40.3 Å². The molecule has 11 heteroatoms. The fourth-order valence-corrected chi connectivity index (χ4v) is 3.37. The van der Waals surface area contributed by atoms with E-state index >= 15 is 0 Å². The van der Waals surface area contributed by atoms with Gasteiger partial charge in [0.1, 0.15) is 5.75 Å². The summed E-state index contributed by atoms with van der Waals surface area (Å²) in [6, 6.07) is 6.70. The molecule has 0 aliphatic heterocycles. The number of esters is 1. The minimum atomic E-state index is -2.95. The van der Waals surface area contributed by atoms with Crippen LogP contribution in [0.5, 0.6) is 5.75 Å². The molecule has 0 spiro atoms. The van der Waals surface area contributed by atoms with Crippen molar-refractivity contribution in [3.63, 3.8) is 0 Å². The largest absolute Gasteiger partial charge is 0.465 e. The van der Waals surface area contributed by atoms with Crippen LogP contribution < -0.4 is 10.3 Å². The number of rotatable bonds is 7. The van der Waals surface area contributed by atoms with E-state index in [2.05, 4.69) is 19.7 Å². The highest BCUT2D eigenvalue weighted by Gasteiger charge is 2.18. The Kier molecular flexibility index (Phi) is 6.40. The third-order valence-corrected chi connectivity index (χ3v) is 4.80. The van der Waals surface area contributed by atoms with Gasteiger partial charge in [-0.15, -0.1) is 0 Å². The van der Waals surface area contributed by atoms with Gasteiger partial charge in [-0.25, -0.2) is 14.8 Å². The Balaban J connectivity index is 1.80. The van der Waals surface area contributed by atoms with Crippen LogP contribution in [-0.2, 0) is 4.74 Å². The summed E-state index contributed by atoms with van der Waals surface area (Å²) in [5.41, 5.74) is 0.278. The van der Waals surface area contributed by atoms with Crippen molar-refractivity contribution >= 4 is 34.5 Å². The minimum Gasteiger partial charge on any atom is -0.465 e. The predicted molar refractivity (Wildman–Crippen MR) is 104 cm³/mol. The molecule has 0 saturated carbocycles. The Morgan fingerprint density at radius 1 is 1.20 bits per heavy atom. The van der Waals surface area contributed by atoms with Crippen molar-refractivity contribution in [1.29, 1.82) is 0 Å². The van der Waals surface area contributed by atoms with Gasteiger partial charge in [0.15, 0.2) is 16.6 Å². The summed E-state index contributed by atoms with van der Waals surface area (Å²) in [4.78, 5) is 47.7. The van der Waals surface area contributed by atoms with E-state index in [4.69, 9.17) is 4.74 Å². The number of hydrogen-bond acceptors (Lipinski definition) is 8. The zero-order valence-electron chi connectivity index (χ0n) is 15.8. The fraction of sp³-hybridized carbons (Fsp3) is 0.211. The molecule has 0 radical (unpaired) electrons. The Labute approximate surface area is 172 Å². The first-order valence-electron chi connectivity index (χ1n) is 8.49. The number of aromatic nitrogens is 3. The number of H-pyrrole nitrogens is 1. The van der Waals surface area contributed by atoms with Crippen molar-refractivity contribution in [3.8, 4) is 5.75 Å². The molecule has 0 saturated heterocycles. The molecule has 0 bridgehead atoms. The molecule has 30 heavy (non-hydrogen) atoms. The summed E-state index contributed by atoms with van der Waals surface area (Å²) < 4.78 is 33.3. The molecule has 156 valence electrons. The summed E-state index contributed by atoms with van der Waals surface area (Å²) in [6.45, 7) is -1.30. The van der Waals surface area contributed by atoms with E-state index in [1.807, 2.05) is 0 Å². The van der Waals surface area contributed by atoms with Crippen LogP contribution in [0.3, 0.4) is 0 Å². The maximum Gasteiger partial charge on any atom is 0.387 e. The first-order valence-corrected chi connectivity index (χ1v) is 9.48. The van der Waals surface area contributed by atoms with Crippen molar-refractivity contribution in [3.05, 3.63) is 57.5 Å². The molecule has 3 aromatic rings. The first kappa shape index (κ1) is 21.4. The van der Waals surface area contributed by atoms with Gasteiger partial charge in [0, 0.05) is 11.3 Å². The molecule has 0 amide bonds. The Morgan fingerprint density at radius 3 is 2.53 bits per heavy atom. The van der Waals surface area contributed by atoms with Crippen LogP contribution in [-0.4, -0.2) is 46.2 Å². The molecule has 8 nitrogen and oxygen atoms in total. The van der Waals surface area contributed by atoms with Crippen molar-refractivity contribution in [2.24, 2.45) is 0 Å². The Hall–Kier alpha value is -3.34. The van der Waals surface area contributed by atoms with Gasteiger partial charge in [-0.1, -0.05) is 11.8 Å². The summed E-state index contributed by atoms with van der Waals surface area (Å²) in [6.07, 6.45) is 0. The normalized spacial score (nSPS) is 11.0. The third kappa shape index (κ3) is 4.79. The van der Waals surface area contributed by atoms with E-state index in [1.54, 1.807) is 6.92 Å². The number of carbonyl (C=O) groups excluding carboxylic acids is 2. The van der Waals surface area contributed by atoms with Crippen LogP contribution in [0, 0.1) is 6.92 Å². The number of nitrogens with one attached hydrogen (secondary N) is 1. The predicted octanol–water partition coefficient (Wildman–Crippen LogP) is 2.99. The standard InChI is InChI=1S/C19H15F2N3O5S/c1-9-7-12(17(27)28-2)14-15(22-9)23-19(24-16(14)26)30-8-13(25)10-3-5-11(6-4-10)29-18(20)21/h3-7,18H,8H2,1-2H3,(H,22,23,24,26). The molecule has 2 aromatic heterocycles. The SMILES string of the molecule is COC(=O)c1cc(C)nc2nc(SCC(=O)c3ccc(OC(F)F)cc3)[nH]c(=O)c12. The van der Waals surface area contributed by atoms with Crippen molar-refractivity contribution in [2.45, 2.75) is 18.7 Å². The molecular weight excluding hydrogens is 420 g/mol. The number of hydrogen-bond donors (Lipinski definition) is 1. The Bertz CT molecular complexity index is 1170. The molecule has 0 aliphatic rings. The highest BCUT2D eigenvalue weighted by atomic mass is 32.2. The lowest BCUT2D eigenvalue weighted by molar-refractivity contribution is -0.0498. The monoisotopic (exact) mass is 435 g/mol. The quantitative estimate of drug-likeness (QED) is 0.261. The fourth-order valence-electron chi connectivity index (χ4n) is 2.62. The van der Waals surface area contributed by atoms with E-state index in [0.717, 1.165) is 11.8 Å². The van der Waals surface area contributed by atoms with E-state index < -0.39 is 18.1 Å². The van der Waals surface area contributed by atoms with Gasteiger partial charge in [0.2, 0.25) is 0 Å². The van der Waals surface area contributed by atoms with Gasteiger partial charge < -0.3 is 14.5 Å². The molecule has 0 atom stereocenters. The third-order valence-electron chi connectivity index (χ3n) is 3.93. The smallest absolute Gasteiger partial charge is 0.387 e. The highest BCUT2D eigenvalue weighted by molar-refractivity contribution is 7.99. The number of fused-ring (bicyclic) bond motifs is 1. The van der Waals surface area contributed by atoms with Crippen molar-refractivity contribution < 1.29 is 27.8 Å². The number of thioether (sulfide) groups is 1. The van der Waals surface area contributed by atoms with Gasteiger partial charge in [-0.2, -0.15) is 8.78 Å². The van der Waals surface area contributed by atoms with E-state index in [-0.39, 0.29) is 44.6 Å². The van der Waals surface area contributed by atoms with Gasteiger partial charge >= 0.3 is 12.6 Å². The van der Waals surface area contributed by atoms with Crippen molar-refractivity contribution in [2.75, 3.05) is 12.9 Å². The second-order valence-electron chi connectivity index (χ2n) is 5.99. The van der Waals surface area contributed by atoms with Gasteiger partial charge in [0.25, 0.3) is 5.56 Å². The zero-order valence-corrected chi connectivity index (χ0v) is 16.6. The molecule has 2 heterocycles. The first-order chi connectivity index (χ1) is 14.3. The van der Waals surface area contributed by atoms with Crippen LogP contribution in [0.25, 0.3) is 11.0 Å². The number of alkyl halides is 2. The number of aromatic amines is 1. The number of methoxy groups -OCH3 is 1. The summed E-state index contributed by atoms with van der Waals surface area (Å²) in [7, 11) is 1.20. The molecule has 1 aromatic carbocycles. The lowest BCUT2D eigenvalue weighted by Crippen LogP contribution is -2.16. The average Bonchev–Trinajstić information content (AvgIpc) is 2.70. The van der Waals surface area contributed by atoms with Crippen LogP contribution in [0.4, 0.5) is 8.78 Å². The number of ether oxygens (including phenoxy) is 2. The summed E-state index contributed by atoms with van der Waals surface area (Å²) in [5, 5.41) is 0.144. The number of carbonyl (C=O) groups is 2. The lowest BCUT2D eigenvalue weighted by Gasteiger charge is -2.07. The second kappa shape index (κ2) is 8.99. The van der Waals surface area contributed by atoms with Crippen LogP contribution in [0.1, 0.15) is 26.4 Å². The molecule has 0 aliphatic carbocycles. The van der Waals surface area contributed by atoms with Gasteiger partial charge in [-0.3, -0.25) is 9.59 Å². The van der Waals surface area contributed by atoms with Gasteiger partial charge in [-0.05, 0) is 37.3 Å². The van der Waals surface area contributed by atoms with E-state index in [9.17, 15) is 23.2 Å². The zero-order chi connectivity index (χ0) is 21.8. The Morgan fingerprint density at radius 2 is 1.90 bits per heavy atom. The number of aryl methyl sites for hydroxylation is 1. The van der Waals surface area contributed by atoms with Crippen LogP contribution >= 0.6 is 11.8 Å². The number of pyridine rings is 1. The number of ketones is 1. The average molecular weight is 435 g/mol. The van der Waals surface area contributed by atoms with E-state index in [1.165, 1.54) is 37.4 Å². The maximum atomic E-state index is 12.5. The molecule has 1 N–H and O–H groups in total. The second-order valence-corrected chi connectivity index (χ2v) is 6.95. The topological polar surface area (TPSA) is 111 Å². The van der Waals surface area contributed by atoms with Gasteiger partial charge in [0.05, 0.1) is 23.8 Å². The number of benzene rings is 1. The lowest BCUT2D eigenvalue weighted by atomic mass is 10.1. The highest BCUT2D eigenvalue weighted by Crippen LogP contribution is 2.20. The molecule has 0 unspecified atom stereocenters. The molecule has 0 fully saturated rings.